The molecule has 1 aromatic heterocycles. The summed E-state index contributed by atoms with van der Waals surface area (Å²) in [7, 11) is -3.95. The number of halogens is 1. The van der Waals surface area contributed by atoms with Gasteiger partial charge in [0.25, 0.3) is 5.91 Å². The van der Waals surface area contributed by atoms with Crippen LogP contribution in [0.25, 0.3) is 0 Å². The van der Waals surface area contributed by atoms with Gasteiger partial charge < -0.3 is 5.32 Å². The van der Waals surface area contributed by atoms with Crippen LogP contribution in [0.4, 0.5) is 10.1 Å². The molecule has 0 aliphatic heterocycles. The molecule has 0 bridgehead atoms. The van der Waals surface area contributed by atoms with Crippen molar-refractivity contribution in [3.8, 4) is 0 Å². The molecule has 5 nitrogen and oxygen atoms in total. The Morgan fingerprint density at radius 2 is 2.05 bits per heavy atom. The first-order valence-corrected chi connectivity index (χ1v) is 7.53. The van der Waals surface area contributed by atoms with E-state index in [1.54, 1.807) is 16.8 Å². The number of carbonyl (C=O) groups is 1. The lowest BCUT2D eigenvalue weighted by Gasteiger charge is -2.07. The number of amides is 1. The van der Waals surface area contributed by atoms with E-state index in [1.165, 1.54) is 11.3 Å². The Kier molecular flexibility index (Phi) is 3.65. The van der Waals surface area contributed by atoms with Crippen molar-refractivity contribution in [2.45, 2.75) is 4.90 Å². The SMILES string of the molecule is NS(=O)(=O)c1ccc(F)c(NC(=O)c2ccsc2)c1. The molecule has 0 atom stereocenters. The first-order valence-electron chi connectivity index (χ1n) is 5.04. The van der Waals surface area contributed by atoms with Crippen molar-refractivity contribution in [3.05, 3.63) is 46.4 Å². The van der Waals surface area contributed by atoms with Crippen LogP contribution in [0.3, 0.4) is 0 Å². The fraction of sp³-hybridized carbons (Fsp3) is 0. The van der Waals surface area contributed by atoms with Gasteiger partial charge in [-0.2, -0.15) is 11.3 Å². The van der Waals surface area contributed by atoms with Gasteiger partial charge in [0.15, 0.2) is 0 Å². The van der Waals surface area contributed by atoms with Crippen molar-refractivity contribution >= 4 is 33.0 Å². The number of rotatable bonds is 3. The molecule has 0 fully saturated rings. The summed E-state index contributed by atoms with van der Waals surface area (Å²) in [6, 6.07) is 4.52. The molecule has 0 aliphatic rings. The number of nitrogens with one attached hydrogen (secondary N) is 1. The highest BCUT2D eigenvalue weighted by atomic mass is 32.2. The number of hydrogen-bond donors (Lipinski definition) is 2. The smallest absolute Gasteiger partial charge is 0.256 e. The van der Waals surface area contributed by atoms with Crippen LogP contribution in [0.15, 0.2) is 39.9 Å². The Hall–Kier alpha value is -1.77. The van der Waals surface area contributed by atoms with Crippen molar-refractivity contribution in [2.75, 3.05) is 5.32 Å². The van der Waals surface area contributed by atoms with Gasteiger partial charge in [-0.15, -0.1) is 0 Å². The van der Waals surface area contributed by atoms with Crippen LogP contribution >= 0.6 is 11.3 Å². The number of sulfonamides is 1. The van der Waals surface area contributed by atoms with E-state index >= 15 is 0 Å². The third-order valence-corrected chi connectivity index (χ3v) is 3.89. The van der Waals surface area contributed by atoms with Crippen molar-refractivity contribution in [1.29, 1.82) is 0 Å². The highest BCUT2D eigenvalue weighted by molar-refractivity contribution is 7.89. The van der Waals surface area contributed by atoms with Crippen LogP contribution in [0.5, 0.6) is 0 Å². The van der Waals surface area contributed by atoms with Gasteiger partial charge in [0, 0.05) is 5.38 Å². The molecule has 0 saturated heterocycles. The van der Waals surface area contributed by atoms with Crippen LogP contribution in [0.1, 0.15) is 10.4 Å². The molecule has 0 spiro atoms. The third-order valence-electron chi connectivity index (χ3n) is 2.30. The number of primary sulfonamides is 1. The summed E-state index contributed by atoms with van der Waals surface area (Å²) in [5.74, 6) is -1.26. The molecular weight excluding hydrogens is 291 g/mol. The number of thiophene rings is 1. The maximum Gasteiger partial charge on any atom is 0.256 e. The van der Waals surface area contributed by atoms with E-state index in [2.05, 4.69) is 5.32 Å². The molecule has 1 aromatic carbocycles. The molecule has 2 aromatic rings. The standard InChI is InChI=1S/C11H9FN2O3S2/c12-9-2-1-8(19(13,16)17)5-10(9)14-11(15)7-3-4-18-6-7/h1-6H,(H,14,15)(H2,13,16,17). The molecule has 2 rings (SSSR count). The minimum atomic E-state index is -3.95. The Morgan fingerprint density at radius 3 is 2.63 bits per heavy atom. The highest BCUT2D eigenvalue weighted by Gasteiger charge is 2.14. The average molecular weight is 300 g/mol. The summed E-state index contributed by atoms with van der Waals surface area (Å²) in [5.41, 5.74) is 0.133. The lowest BCUT2D eigenvalue weighted by Crippen LogP contribution is -2.15. The van der Waals surface area contributed by atoms with Gasteiger partial charge in [-0.1, -0.05) is 0 Å². The first kappa shape index (κ1) is 13.7. The van der Waals surface area contributed by atoms with E-state index in [0.717, 1.165) is 18.2 Å². The molecule has 1 heterocycles. The Bertz CT molecular complexity index is 712. The van der Waals surface area contributed by atoms with Gasteiger partial charge in [0.1, 0.15) is 5.82 Å². The molecule has 0 aliphatic carbocycles. The predicted octanol–water partition coefficient (Wildman–Crippen LogP) is 1.79. The highest BCUT2D eigenvalue weighted by Crippen LogP contribution is 2.20. The van der Waals surface area contributed by atoms with Gasteiger partial charge in [0.2, 0.25) is 10.0 Å². The molecular formula is C11H9FN2O3S2. The van der Waals surface area contributed by atoms with Gasteiger partial charge >= 0.3 is 0 Å². The number of anilines is 1. The molecule has 8 heteroatoms. The second-order valence-corrected chi connectivity index (χ2v) is 5.99. The second-order valence-electron chi connectivity index (χ2n) is 3.65. The summed E-state index contributed by atoms with van der Waals surface area (Å²) in [4.78, 5) is 11.5. The zero-order valence-corrected chi connectivity index (χ0v) is 11.1. The second kappa shape index (κ2) is 5.08. The Balaban J connectivity index is 2.32. The van der Waals surface area contributed by atoms with Crippen LogP contribution in [0, 0.1) is 5.82 Å². The summed E-state index contributed by atoms with van der Waals surface area (Å²) >= 11 is 1.32. The molecule has 0 saturated carbocycles. The Labute approximate surface area is 112 Å². The van der Waals surface area contributed by atoms with Crippen LogP contribution in [-0.2, 0) is 10.0 Å². The number of benzene rings is 1. The molecule has 0 radical (unpaired) electrons. The monoisotopic (exact) mass is 300 g/mol. The maximum atomic E-state index is 13.5. The lowest BCUT2D eigenvalue weighted by molar-refractivity contribution is 0.102. The van der Waals surface area contributed by atoms with Crippen LogP contribution < -0.4 is 10.5 Å². The molecule has 19 heavy (non-hydrogen) atoms. The maximum absolute atomic E-state index is 13.5. The van der Waals surface area contributed by atoms with E-state index in [0.29, 0.717) is 5.56 Å². The van der Waals surface area contributed by atoms with Crippen molar-refractivity contribution in [2.24, 2.45) is 5.14 Å². The van der Waals surface area contributed by atoms with E-state index in [-0.39, 0.29) is 10.6 Å². The summed E-state index contributed by atoms with van der Waals surface area (Å²) in [6.07, 6.45) is 0. The first-order chi connectivity index (χ1) is 8.88. The molecule has 100 valence electrons. The number of carbonyl (C=O) groups excluding carboxylic acids is 1. The molecule has 3 N–H and O–H groups in total. The van der Waals surface area contributed by atoms with E-state index in [9.17, 15) is 17.6 Å². The third kappa shape index (κ3) is 3.16. The fourth-order valence-corrected chi connectivity index (χ4v) is 2.54. The van der Waals surface area contributed by atoms with Crippen molar-refractivity contribution < 1.29 is 17.6 Å². The van der Waals surface area contributed by atoms with Crippen LogP contribution in [-0.4, -0.2) is 14.3 Å². The topological polar surface area (TPSA) is 89.3 Å². The quantitative estimate of drug-likeness (QED) is 0.905. The zero-order chi connectivity index (χ0) is 14.0. The normalized spacial score (nSPS) is 11.3. The van der Waals surface area contributed by atoms with Gasteiger partial charge in [0.05, 0.1) is 16.1 Å². The molecule has 0 unspecified atom stereocenters. The lowest BCUT2D eigenvalue weighted by atomic mass is 10.2. The van der Waals surface area contributed by atoms with E-state index < -0.39 is 21.7 Å². The minimum absolute atomic E-state index is 0.234. The fourth-order valence-electron chi connectivity index (χ4n) is 1.37. The summed E-state index contributed by atoms with van der Waals surface area (Å²) < 4.78 is 35.8. The summed E-state index contributed by atoms with van der Waals surface area (Å²) in [6.45, 7) is 0. The van der Waals surface area contributed by atoms with E-state index in [4.69, 9.17) is 5.14 Å². The number of hydrogen-bond acceptors (Lipinski definition) is 4. The van der Waals surface area contributed by atoms with E-state index in [1.807, 2.05) is 0 Å². The Morgan fingerprint density at radius 1 is 1.32 bits per heavy atom. The van der Waals surface area contributed by atoms with Crippen molar-refractivity contribution in [3.63, 3.8) is 0 Å². The van der Waals surface area contributed by atoms with Crippen LogP contribution in [0.2, 0.25) is 0 Å². The average Bonchev–Trinajstić information content (AvgIpc) is 2.84. The summed E-state index contributed by atoms with van der Waals surface area (Å²) in [5, 5.41) is 10.5. The zero-order valence-electron chi connectivity index (χ0n) is 9.46. The largest absolute Gasteiger partial charge is 0.319 e. The van der Waals surface area contributed by atoms with Gasteiger partial charge in [-0.05, 0) is 29.6 Å². The predicted molar refractivity (Wildman–Crippen MR) is 70.0 cm³/mol. The number of nitrogens with two attached hydrogens (primary N) is 1. The van der Waals surface area contributed by atoms with Gasteiger partial charge in [-0.25, -0.2) is 17.9 Å². The minimum Gasteiger partial charge on any atom is -0.319 e. The van der Waals surface area contributed by atoms with Crippen molar-refractivity contribution in [1.82, 2.24) is 0 Å². The van der Waals surface area contributed by atoms with Gasteiger partial charge in [-0.3, -0.25) is 4.79 Å². The molecule has 1 amide bonds.